The summed E-state index contributed by atoms with van der Waals surface area (Å²) < 4.78 is 0. The molecule has 0 bridgehead atoms. The van der Waals surface area contributed by atoms with E-state index in [0.717, 1.165) is 52.8 Å². The number of hydrogen-bond donors (Lipinski definition) is 0. The van der Waals surface area contributed by atoms with Crippen molar-refractivity contribution in [1.82, 2.24) is 0 Å². The lowest BCUT2D eigenvalue weighted by atomic mass is 9.92. The number of amides is 1. The topological polar surface area (TPSA) is 20.3 Å². The van der Waals surface area contributed by atoms with Crippen molar-refractivity contribution in [1.29, 1.82) is 0 Å². The van der Waals surface area contributed by atoms with Crippen molar-refractivity contribution < 1.29 is 4.79 Å². The number of nitrogens with zero attached hydrogens (tertiary/aromatic N) is 1. The highest BCUT2D eigenvalue weighted by Gasteiger charge is 2.34. The summed E-state index contributed by atoms with van der Waals surface area (Å²) in [6.07, 6.45) is 3.09. The quantitative estimate of drug-likeness (QED) is 0.466. The minimum Gasteiger partial charge on any atom is -0.303 e. The average Bonchev–Trinajstić information content (AvgIpc) is 3.02. The fourth-order valence-electron chi connectivity index (χ4n) is 3.90. The Morgan fingerprint density at radius 2 is 1.46 bits per heavy atom. The summed E-state index contributed by atoms with van der Waals surface area (Å²) in [5.41, 5.74) is 6.38. The van der Waals surface area contributed by atoms with Gasteiger partial charge >= 0.3 is 0 Å². The molecule has 3 aromatic carbocycles. The number of fused-ring (bicyclic) bond motifs is 1. The van der Waals surface area contributed by atoms with Gasteiger partial charge in [0.1, 0.15) is 0 Å². The maximum Gasteiger partial charge on any atom is 0.259 e. The summed E-state index contributed by atoms with van der Waals surface area (Å²) in [4.78, 5) is 15.5. The third-order valence-electron chi connectivity index (χ3n) is 5.31. The fourth-order valence-corrected chi connectivity index (χ4v) is 3.90. The van der Waals surface area contributed by atoms with Crippen molar-refractivity contribution in [2.24, 2.45) is 0 Å². The van der Waals surface area contributed by atoms with Crippen LogP contribution in [0.3, 0.4) is 0 Å². The van der Waals surface area contributed by atoms with Crippen molar-refractivity contribution in [3.8, 4) is 0 Å². The average molecular weight is 367 g/mol. The van der Waals surface area contributed by atoms with Gasteiger partial charge in [-0.2, -0.15) is 0 Å². The van der Waals surface area contributed by atoms with Crippen LogP contribution in [0.1, 0.15) is 42.9 Å². The molecular weight excluding hydrogens is 342 g/mol. The third-order valence-corrected chi connectivity index (χ3v) is 5.31. The van der Waals surface area contributed by atoms with Crippen LogP contribution < -0.4 is 4.90 Å². The summed E-state index contributed by atoms with van der Waals surface area (Å²) >= 11 is 0. The lowest BCUT2D eigenvalue weighted by Crippen LogP contribution is -2.26. The molecule has 0 unspecified atom stereocenters. The summed E-state index contributed by atoms with van der Waals surface area (Å²) in [5, 5.41) is 0. The predicted molar refractivity (Wildman–Crippen MR) is 117 cm³/mol. The standard InChI is InChI=1S/C26H25NO/c1-2-3-16-22(21-14-8-5-9-15-21)25-23-17-10-11-18-24(23)27(26(25)28)19-20-12-6-4-7-13-20/h4-15,17-18H,2-3,16,19H2,1H3/b25-22+. The normalized spacial score (nSPS) is 14.9. The van der Waals surface area contributed by atoms with Gasteiger partial charge in [0.2, 0.25) is 0 Å². The van der Waals surface area contributed by atoms with Crippen LogP contribution >= 0.6 is 0 Å². The first kappa shape index (κ1) is 18.2. The Morgan fingerprint density at radius 3 is 2.18 bits per heavy atom. The molecule has 1 aliphatic rings. The maximum atomic E-state index is 13.6. The van der Waals surface area contributed by atoms with E-state index < -0.39 is 0 Å². The number of para-hydroxylation sites is 1. The van der Waals surface area contributed by atoms with Crippen molar-refractivity contribution in [2.45, 2.75) is 32.7 Å². The van der Waals surface area contributed by atoms with Crippen LogP contribution in [0.15, 0.2) is 84.9 Å². The zero-order valence-corrected chi connectivity index (χ0v) is 16.3. The molecule has 2 nitrogen and oxygen atoms in total. The number of rotatable bonds is 6. The summed E-state index contributed by atoms with van der Waals surface area (Å²) in [6.45, 7) is 2.79. The number of anilines is 1. The molecule has 0 spiro atoms. The van der Waals surface area contributed by atoms with E-state index in [1.165, 1.54) is 0 Å². The van der Waals surface area contributed by atoms with E-state index in [1.54, 1.807) is 0 Å². The second kappa shape index (κ2) is 8.26. The third kappa shape index (κ3) is 3.50. The van der Waals surface area contributed by atoms with Gasteiger partial charge in [-0.05, 0) is 35.6 Å². The molecule has 0 atom stereocenters. The summed E-state index contributed by atoms with van der Waals surface area (Å²) in [7, 11) is 0. The van der Waals surface area contributed by atoms with Gasteiger partial charge in [-0.25, -0.2) is 0 Å². The Balaban J connectivity index is 1.83. The molecule has 0 saturated carbocycles. The van der Waals surface area contributed by atoms with Crippen molar-refractivity contribution in [2.75, 3.05) is 4.90 Å². The first-order chi connectivity index (χ1) is 13.8. The minimum atomic E-state index is 0.111. The van der Waals surface area contributed by atoms with Gasteiger partial charge in [0.25, 0.3) is 5.91 Å². The first-order valence-corrected chi connectivity index (χ1v) is 10.0. The predicted octanol–water partition coefficient (Wildman–Crippen LogP) is 6.33. The van der Waals surface area contributed by atoms with E-state index >= 15 is 0 Å². The Hall–Kier alpha value is -3.13. The molecular formula is C26H25NO. The Morgan fingerprint density at radius 1 is 0.821 bits per heavy atom. The van der Waals surface area contributed by atoms with Crippen LogP contribution in [0.2, 0.25) is 0 Å². The second-order valence-electron chi connectivity index (χ2n) is 7.22. The minimum absolute atomic E-state index is 0.111. The molecule has 140 valence electrons. The lowest BCUT2D eigenvalue weighted by Gasteiger charge is -2.17. The Bertz CT molecular complexity index is 989. The summed E-state index contributed by atoms with van der Waals surface area (Å²) in [5.74, 6) is 0.111. The van der Waals surface area contributed by atoms with Gasteiger partial charge in [-0.3, -0.25) is 4.79 Å². The summed E-state index contributed by atoms with van der Waals surface area (Å²) in [6, 6.07) is 28.8. The van der Waals surface area contributed by atoms with E-state index in [9.17, 15) is 4.79 Å². The van der Waals surface area contributed by atoms with Gasteiger partial charge in [0.05, 0.1) is 17.8 Å². The highest BCUT2D eigenvalue weighted by Crippen LogP contribution is 2.42. The molecule has 3 aromatic rings. The molecule has 1 heterocycles. The highest BCUT2D eigenvalue weighted by molar-refractivity contribution is 6.37. The van der Waals surface area contributed by atoms with E-state index in [2.05, 4.69) is 55.5 Å². The van der Waals surface area contributed by atoms with Gasteiger partial charge in [-0.1, -0.05) is 92.2 Å². The number of allylic oxidation sites excluding steroid dienone is 1. The van der Waals surface area contributed by atoms with Gasteiger partial charge in [-0.15, -0.1) is 0 Å². The molecule has 0 aromatic heterocycles. The van der Waals surface area contributed by atoms with Crippen molar-refractivity contribution in [3.05, 3.63) is 102 Å². The number of unbranched alkanes of at least 4 members (excludes halogenated alkanes) is 1. The molecule has 1 aliphatic heterocycles. The van der Waals surface area contributed by atoms with Gasteiger partial charge in [0, 0.05) is 5.56 Å². The Kier molecular flexibility index (Phi) is 5.38. The lowest BCUT2D eigenvalue weighted by molar-refractivity contribution is -0.113. The molecule has 0 N–H and O–H groups in total. The van der Waals surface area contributed by atoms with Crippen LogP contribution in [0.25, 0.3) is 11.1 Å². The number of carbonyl (C=O) groups is 1. The molecule has 0 radical (unpaired) electrons. The SMILES string of the molecule is CCCC/C(=C1\C(=O)N(Cc2ccccc2)c2ccccc21)c1ccccc1. The van der Waals surface area contributed by atoms with Crippen LogP contribution in [-0.4, -0.2) is 5.91 Å². The molecule has 4 rings (SSSR count). The molecule has 2 heteroatoms. The second-order valence-corrected chi connectivity index (χ2v) is 7.22. The van der Waals surface area contributed by atoms with Crippen molar-refractivity contribution in [3.63, 3.8) is 0 Å². The van der Waals surface area contributed by atoms with Gasteiger partial charge < -0.3 is 4.90 Å². The zero-order valence-electron chi connectivity index (χ0n) is 16.3. The van der Waals surface area contributed by atoms with Crippen LogP contribution in [0.4, 0.5) is 5.69 Å². The number of benzene rings is 3. The van der Waals surface area contributed by atoms with Crippen molar-refractivity contribution >= 4 is 22.7 Å². The largest absolute Gasteiger partial charge is 0.303 e. The molecule has 0 saturated heterocycles. The van der Waals surface area contributed by atoms with Gasteiger partial charge in [0.15, 0.2) is 0 Å². The van der Waals surface area contributed by atoms with Crippen LogP contribution in [0, 0.1) is 0 Å². The van der Waals surface area contributed by atoms with Crippen LogP contribution in [0.5, 0.6) is 0 Å². The fraction of sp³-hybridized carbons (Fsp3) is 0.192. The number of hydrogen-bond acceptors (Lipinski definition) is 1. The first-order valence-electron chi connectivity index (χ1n) is 10.0. The molecule has 1 amide bonds. The van der Waals surface area contributed by atoms with E-state index in [-0.39, 0.29) is 5.91 Å². The highest BCUT2D eigenvalue weighted by atomic mass is 16.2. The smallest absolute Gasteiger partial charge is 0.259 e. The maximum absolute atomic E-state index is 13.6. The monoisotopic (exact) mass is 367 g/mol. The van der Waals surface area contributed by atoms with E-state index in [1.807, 2.05) is 41.3 Å². The van der Waals surface area contributed by atoms with E-state index in [4.69, 9.17) is 0 Å². The molecule has 0 fully saturated rings. The zero-order chi connectivity index (χ0) is 19.3. The Labute approximate surface area is 167 Å². The van der Waals surface area contributed by atoms with Crippen LogP contribution in [-0.2, 0) is 11.3 Å². The molecule has 0 aliphatic carbocycles. The number of carbonyl (C=O) groups excluding carboxylic acids is 1. The molecule has 28 heavy (non-hydrogen) atoms. The van der Waals surface area contributed by atoms with E-state index in [0.29, 0.717) is 6.54 Å².